The van der Waals surface area contributed by atoms with Crippen molar-refractivity contribution in [2.75, 3.05) is 6.54 Å². The van der Waals surface area contributed by atoms with Crippen LogP contribution in [0.4, 0.5) is 10.1 Å². The second-order valence-corrected chi connectivity index (χ2v) is 6.18. The molecule has 0 aliphatic carbocycles. The van der Waals surface area contributed by atoms with Crippen LogP contribution < -0.4 is 5.32 Å². The maximum absolute atomic E-state index is 13.5. The summed E-state index contributed by atoms with van der Waals surface area (Å²) in [5.74, 6) is -2.40. The topological polar surface area (TPSA) is 107 Å². The van der Waals surface area contributed by atoms with Crippen molar-refractivity contribution < 1.29 is 19.1 Å². The number of hydrogen-bond donors (Lipinski definition) is 3. The van der Waals surface area contributed by atoms with E-state index in [-0.39, 0.29) is 17.1 Å². The van der Waals surface area contributed by atoms with Crippen molar-refractivity contribution in [2.24, 2.45) is 10.2 Å². The third-order valence-electron chi connectivity index (χ3n) is 3.49. The zero-order valence-electron chi connectivity index (χ0n) is 13.2. The minimum atomic E-state index is -0.751. The van der Waals surface area contributed by atoms with Crippen LogP contribution in [0.2, 0.25) is 0 Å². The van der Waals surface area contributed by atoms with E-state index in [9.17, 15) is 19.1 Å². The molecule has 3 rings (SSSR count). The number of aromatic amines is 1. The molecule has 3 aromatic rings. The summed E-state index contributed by atoms with van der Waals surface area (Å²) in [6.45, 7) is -0.455. The van der Waals surface area contributed by atoms with E-state index >= 15 is 0 Å². The number of nitrogens with zero attached hydrogens (tertiary/aromatic N) is 2. The molecule has 132 valence electrons. The molecule has 3 N–H and O–H groups in total. The molecule has 0 aliphatic heterocycles. The summed E-state index contributed by atoms with van der Waals surface area (Å²) in [5, 5.41) is 20.0. The number of aromatic nitrogens is 1. The summed E-state index contributed by atoms with van der Waals surface area (Å²) < 4.78 is 14.3. The lowest BCUT2D eigenvalue weighted by Gasteiger charge is -2.03. The Morgan fingerprint density at radius 3 is 2.77 bits per heavy atom. The number of aromatic hydroxyl groups is 1. The Balaban J connectivity index is 1.69. The van der Waals surface area contributed by atoms with Crippen LogP contribution in [0.3, 0.4) is 0 Å². The quantitative estimate of drug-likeness (QED) is 0.560. The number of rotatable bonds is 4. The van der Waals surface area contributed by atoms with E-state index in [1.54, 1.807) is 18.2 Å². The molecule has 9 heteroatoms. The van der Waals surface area contributed by atoms with Gasteiger partial charge in [0, 0.05) is 9.86 Å². The van der Waals surface area contributed by atoms with Crippen molar-refractivity contribution in [3.63, 3.8) is 0 Å². The first-order chi connectivity index (χ1) is 12.5. The van der Waals surface area contributed by atoms with Gasteiger partial charge in [0.05, 0.1) is 11.1 Å². The van der Waals surface area contributed by atoms with Gasteiger partial charge in [-0.05, 0) is 30.3 Å². The van der Waals surface area contributed by atoms with Crippen LogP contribution in [0.5, 0.6) is 5.88 Å². The number of amides is 2. The molecule has 0 bridgehead atoms. The van der Waals surface area contributed by atoms with Crippen molar-refractivity contribution >= 4 is 44.3 Å². The average molecular weight is 419 g/mol. The Kier molecular flexibility index (Phi) is 5.08. The molecule has 0 atom stereocenters. The van der Waals surface area contributed by atoms with Gasteiger partial charge in [-0.25, -0.2) is 4.39 Å². The lowest BCUT2D eigenvalue weighted by Crippen LogP contribution is -2.29. The van der Waals surface area contributed by atoms with Crippen molar-refractivity contribution in [3.05, 3.63) is 58.3 Å². The highest BCUT2D eigenvalue weighted by molar-refractivity contribution is 9.10. The first kappa shape index (κ1) is 17.7. The Bertz CT molecular complexity index is 1030. The van der Waals surface area contributed by atoms with Crippen molar-refractivity contribution in [1.29, 1.82) is 0 Å². The molecule has 0 fully saturated rings. The van der Waals surface area contributed by atoms with Crippen molar-refractivity contribution in [3.8, 4) is 5.88 Å². The summed E-state index contributed by atoms with van der Waals surface area (Å²) >= 11 is 3.31. The van der Waals surface area contributed by atoms with E-state index in [0.29, 0.717) is 10.9 Å². The SMILES string of the molecule is O=C(CNC(=O)c1ccccc1F)N=Nc1c(O)[nH]c2ccc(Br)cc12. The molecule has 1 aromatic heterocycles. The highest BCUT2D eigenvalue weighted by Crippen LogP contribution is 2.36. The molecule has 2 aromatic carbocycles. The molecular formula is C17H12BrFN4O3. The monoisotopic (exact) mass is 418 g/mol. The zero-order chi connectivity index (χ0) is 18.7. The highest BCUT2D eigenvalue weighted by atomic mass is 79.9. The predicted molar refractivity (Wildman–Crippen MR) is 95.9 cm³/mol. The maximum Gasteiger partial charge on any atom is 0.283 e. The highest BCUT2D eigenvalue weighted by Gasteiger charge is 2.13. The number of H-pyrrole nitrogens is 1. The normalized spacial score (nSPS) is 11.2. The minimum absolute atomic E-state index is 0.107. The van der Waals surface area contributed by atoms with Gasteiger partial charge in [0.15, 0.2) is 5.69 Å². The van der Waals surface area contributed by atoms with Gasteiger partial charge in [0.2, 0.25) is 5.88 Å². The smallest absolute Gasteiger partial charge is 0.283 e. The molecular weight excluding hydrogens is 407 g/mol. The van der Waals surface area contributed by atoms with Crippen LogP contribution >= 0.6 is 15.9 Å². The Morgan fingerprint density at radius 1 is 1.23 bits per heavy atom. The van der Waals surface area contributed by atoms with Crippen LogP contribution in [0.15, 0.2) is 57.2 Å². The molecule has 1 heterocycles. The first-order valence-electron chi connectivity index (χ1n) is 7.43. The third-order valence-corrected chi connectivity index (χ3v) is 3.99. The fourth-order valence-electron chi connectivity index (χ4n) is 2.27. The summed E-state index contributed by atoms with van der Waals surface area (Å²) in [4.78, 5) is 26.4. The Hall–Kier alpha value is -3.07. The molecule has 0 saturated carbocycles. The number of halogens is 2. The third kappa shape index (κ3) is 3.77. The second kappa shape index (κ2) is 7.44. The molecule has 0 aliphatic rings. The molecule has 0 unspecified atom stereocenters. The molecule has 2 amide bonds. The number of fused-ring (bicyclic) bond motifs is 1. The Morgan fingerprint density at radius 2 is 2.00 bits per heavy atom. The first-order valence-corrected chi connectivity index (χ1v) is 8.22. The van der Waals surface area contributed by atoms with E-state index in [0.717, 1.165) is 10.5 Å². The number of carbonyl (C=O) groups excluding carboxylic acids is 2. The van der Waals surface area contributed by atoms with Crippen LogP contribution in [-0.2, 0) is 4.79 Å². The number of azo groups is 1. The van der Waals surface area contributed by atoms with E-state index in [1.807, 2.05) is 0 Å². The average Bonchev–Trinajstić information content (AvgIpc) is 2.92. The van der Waals surface area contributed by atoms with E-state index < -0.39 is 24.2 Å². The molecule has 0 radical (unpaired) electrons. The van der Waals surface area contributed by atoms with Gasteiger partial charge in [-0.1, -0.05) is 28.1 Å². The van der Waals surface area contributed by atoms with E-state index in [4.69, 9.17) is 0 Å². The largest absolute Gasteiger partial charge is 0.493 e. The van der Waals surface area contributed by atoms with Gasteiger partial charge < -0.3 is 15.4 Å². The second-order valence-electron chi connectivity index (χ2n) is 5.27. The number of hydrogen-bond acceptors (Lipinski definition) is 4. The summed E-state index contributed by atoms with van der Waals surface area (Å²) in [6, 6.07) is 10.6. The van der Waals surface area contributed by atoms with Gasteiger partial charge in [-0.2, -0.15) is 0 Å². The van der Waals surface area contributed by atoms with Crippen LogP contribution in [0, 0.1) is 5.82 Å². The fraction of sp³-hybridized carbons (Fsp3) is 0.0588. The van der Waals surface area contributed by atoms with E-state index in [2.05, 4.69) is 36.5 Å². The predicted octanol–water partition coefficient (Wildman–Crippen LogP) is 3.82. The fourth-order valence-corrected chi connectivity index (χ4v) is 2.64. The van der Waals surface area contributed by atoms with E-state index in [1.165, 1.54) is 18.2 Å². The lowest BCUT2D eigenvalue weighted by atomic mass is 10.2. The standard InChI is InChI=1S/C17H12BrFN4O3/c18-9-5-6-13-11(7-9)15(17(26)21-13)23-22-14(24)8-20-16(25)10-3-1-2-4-12(10)19/h1-7,21,26H,8H2,(H,20,25). The van der Waals surface area contributed by atoms with Crippen molar-refractivity contribution in [2.45, 2.75) is 0 Å². The van der Waals surface area contributed by atoms with Gasteiger partial charge in [-0.15, -0.1) is 10.2 Å². The summed E-state index contributed by atoms with van der Waals surface area (Å²) in [6.07, 6.45) is 0. The maximum atomic E-state index is 13.5. The number of nitrogens with one attached hydrogen (secondary N) is 2. The van der Waals surface area contributed by atoms with Gasteiger partial charge in [0.1, 0.15) is 12.4 Å². The van der Waals surface area contributed by atoms with Crippen LogP contribution in [0.1, 0.15) is 10.4 Å². The number of carbonyl (C=O) groups is 2. The summed E-state index contributed by atoms with van der Waals surface area (Å²) in [7, 11) is 0. The van der Waals surface area contributed by atoms with Crippen LogP contribution in [0.25, 0.3) is 10.9 Å². The van der Waals surface area contributed by atoms with Gasteiger partial charge in [0.25, 0.3) is 11.8 Å². The van der Waals surface area contributed by atoms with Gasteiger partial charge in [-0.3, -0.25) is 9.59 Å². The molecule has 0 saturated heterocycles. The van der Waals surface area contributed by atoms with Crippen LogP contribution in [-0.4, -0.2) is 28.4 Å². The molecule has 7 nitrogen and oxygen atoms in total. The molecule has 26 heavy (non-hydrogen) atoms. The number of benzene rings is 2. The zero-order valence-corrected chi connectivity index (χ0v) is 14.7. The summed E-state index contributed by atoms with van der Waals surface area (Å²) in [5.41, 5.74) is 0.561. The minimum Gasteiger partial charge on any atom is -0.493 e. The Labute approximate surface area is 155 Å². The van der Waals surface area contributed by atoms with Gasteiger partial charge >= 0.3 is 0 Å². The lowest BCUT2D eigenvalue weighted by molar-refractivity contribution is -0.117. The molecule has 0 spiro atoms. The van der Waals surface area contributed by atoms with Crippen molar-refractivity contribution in [1.82, 2.24) is 10.3 Å².